The predicted molar refractivity (Wildman–Crippen MR) is 132 cm³/mol. The number of aromatic nitrogens is 3. The van der Waals surface area contributed by atoms with E-state index in [4.69, 9.17) is 4.98 Å². The number of rotatable bonds is 5. The second-order valence-electron chi connectivity index (χ2n) is 8.11. The number of fused-ring (bicyclic) bond motifs is 2. The summed E-state index contributed by atoms with van der Waals surface area (Å²) < 4.78 is 0. The monoisotopic (exact) mass is 454 g/mol. The summed E-state index contributed by atoms with van der Waals surface area (Å²) in [5, 5.41) is 3.33. The lowest BCUT2D eigenvalue weighted by atomic mass is 10.0. The Morgan fingerprint density at radius 3 is 2.36 bits per heavy atom. The molecule has 5 aromatic rings. The first-order valence-electron chi connectivity index (χ1n) is 10.7. The molecule has 1 N–H and O–H groups in total. The molecule has 0 aliphatic carbocycles. The van der Waals surface area contributed by atoms with Gasteiger partial charge in [0.2, 0.25) is 0 Å². The number of hydrogen-bond acceptors (Lipinski definition) is 5. The van der Waals surface area contributed by atoms with Crippen LogP contribution in [0.25, 0.3) is 32.4 Å². The highest BCUT2D eigenvalue weighted by atomic mass is 32.1. The molecule has 0 saturated heterocycles. The summed E-state index contributed by atoms with van der Waals surface area (Å²) in [5.74, 6) is 0.329. The molecule has 7 heteroatoms. The second-order valence-corrected chi connectivity index (χ2v) is 9.05. The van der Waals surface area contributed by atoms with Gasteiger partial charge >= 0.3 is 0 Å². The smallest absolute Gasteiger partial charge is 0.258 e. The molecule has 0 bridgehead atoms. The first kappa shape index (κ1) is 21.0. The zero-order chi connectivity index (χ0) is 22.9. The van der Waals surface area contributed by atoms with Gasteiger partial charge in [0, 0.05) is 11.4 Å². The van der Waals surface area contributed by atoms with Crippen molar-refractivity contribution >= 4 is 39.0 Å². The number of amides is 1. The van der Waals surface area contributed by atoms with Gasteiger partial charge in [-0.2, -0.15) is 0 Å². The maximum absolute atomic E-state index is 13.9. The summed E-state index contributed by atoms with van der Waals surface area (Å²) in [6.07, 6.45) is 0. The molecule has 0 aliphatic heterocycles. The maximum atomic E-state index is 13.9. The van der Waals surface area contributed by atoms with E-state index >= 15 is 0 Å². The van der Waals surface area contributed by atoms with Crippen LogP contribution in [0.1, 0.15) is 30.0 Å². The number of pyridine rings is 1. The van der Waals surface area contributed by atoms with E-state index < -0.39 is 0 Å². The Bertz CT molecular complexity index is 1520. The molecule has 0 atom stereocenters. The molecule has 0 spiro atoms. The van der Waals surface area contributed by atoms with Crippen molar-refractivity contribution in [3.05, 3.63) is 93.9 Å². The molecule has 164 valence electrons. The van der Waals surface area contributed by atoms with Gasteiger partial charge in [-0.1, -0.05) is 36.4 Å². The first-order valence-corrected chi connectivity index (χ1v) is 11.6. The van der Waals surface area contributed by atoms with Crippen molar-refractivity contribution in [2.45, 2.75) is 26.4 Å². The second kappa shape index (κ2) is 8.60. The third kappa shape index (κ3) is 4.03. The van der Waals surface area contributed by atoms with Gasteiger partial charge in [-0.3, -0.25) is 9.59 Å². The average molecular weight is 455 g/mol. The van der Waals surface area contributed by atoms with Crippen molar-refractivity contribution in [1.82, 2.24) is 19.9 Å². The first-order chi connectivity index (χ1) is 16.0. The van der Waals surface area contributed by atoms with E-state index in [9.17, 15) is 9.59 Å². The average Bonchev–Trinajstić information content (AvgIpc) is 3.36. The highest BCUT2D eigenvalue weighted by Crippen LogP contribution is 2.29. The van der Waals surface area contributed by atoms with Crippen LogP contribution in [0.15, 0.2) is 76.9 Å². The molecule has 33 heavy (non-hydrogen) atoms. The van der Waals surface area contributed by atoms with Crippen molar-refractivity contribution in [3.63, 3.8) is 0 Å². The molecular formula is C26H22N4O2S. The van der Waals surface area contributed by atoms with Crippen molar-refractivity contribution < 1.29 is 4.79 Å². The summed E-state index contributed by atoms with van der Waals surface area (Å²) in [5.41, 5.74) is 2.53. The van der Waals surface area contributed by atoms with Gasteiger partial charge in [-0.25, -0.2) is 9.97 Å². The summed E-state index contributed by atoms with van der Waals surface area (Å²) >= 11 is 1.59. The van der Waals surface area contributed by atoms with Crippen LogP contribution in [-0.2, 0) is 6.54 Å². The minimum atomic E-state index is -0.207. The molecule has 0 fully saturated rings. The van der Waals surface area contributed by atoms with E-state index in [1.54, 1.807) is 28.4 Å². The lowest BCUT2D eigenvalue weighted by Gasteiger charge is -2.27. The summed E-state index contributed by atoms with van der Waals surface area (Å²) in [6, 6.07) is 20.6. The van der Waals surface area contributed by atoms with Gasteiger partial charge < -0.3 is 9.88 Å². The molecule has 0 aliphatic rings. The molecule has 5 rings (SSSR count). The van der Waals surface area contributed by atoms with E-state index in [1.165, 1.54) is 0 Å². The Hall–Kier alpha value is -3.84. The van der Waals surface area contributed by atoms with E-state index in [0.29, 0.717) is 22.3 Å². The van der Waals surface area contributed by atoms with Gasteiger partial charge in [0.05, 0.1) is 39.1 Å². The highest BCUT2D eigenvalue weighted by molar-refractivity contribution is 7.13. The SMILES string of the molecule is CC(C)N(Cc1nc2ccccc2c(=O)[nH]1)C(=O)c1cc(-c2cccs2)nc2ccccc12. The Morgan fingerprint density at radius 1 is 0.970 bits per heavy atom. The third-order valence-corrected chi connectivity index (χ3v) is 6.48. The van der Waals surface area contributed by atoms with Crippen molar-refractivity contribution in [2.75, 3.05) is 0 Å². The number of para-hydroxylation sites is 2. The molecule has 2 aromatic carbocycles. The number of benzene rings is 2. The van der Waals surface area contributed by atoms with Gasteiger partial charge in [0.25, 0.3) is 11.5 Å². The number of hydrogen-bond donors (Lipinski definition) is 1. The number of carbonyl (C=O) groups excluding carboxylic acids is 1. The van der Waals surface area contributed by atoms with E-state index in [1.807, 2.05) is 73.8 Å². The van der Waals surface area contributed by atoms with Crippen LogP contribution in [0, 0.1) is 0 Å². The summed E-state index contributed by atoms with van der Waals surface area (Å²) in [4.78, 5) is 41.3. The molecule has 1 amide bonds. The minimum absolute atomic E-state index is 0.105. The van der Waals surface area contributed by atoms with E-state index in [0.717, 1.165) is 21.5 Å². The molecule has 6 nitrogen and oxygen atoms in total. The van der Waals surface area contributed by atoms with Crippen molar-refractivity contribution in [3.8, 4) is 10.6 Å². The van der Waals surface area contributed by atoms with Crippen LogP contribution in [-0.4, -0.2) is 31.8 Å². The Balaban J connectivity index is 1.59. The molecule has 3 aromatic heterocycles. The van der Waals surface area contributed by atoms with Crippen molar-refractivity contribution in [2.24, 2.45) is 0 Å². The topological polar surface area (TPSA) is 79.0 Å². The Kier molecular flexibility index (Phi) is 5.48. The van der Waals surface area contributed by atoms with Gasteiger partial charge in [-0.15, -0.1) is 11.3 Å². The fourth-order valence-corrected chi connectivity index (χ4v) is 4.60. The molecule has 3 heterocycles. The Morgan fingerprint density at radius 2 is 1.67 bits per heavy atom. The van der Waals surface area contributed by atoms with Gasteiger partial charge in [0.15, 0.2) is 0 Å². The summed E-state index contributed by atoms with van der Waals surface area (Å²) in [7, 11) is 0. The van der Waals surface area contributed by atoms with Crippen LogP contribution in [0.4, 0.5) is 0 Å². The van der Waals surface area contributed by atoms with E-state index in [2.05, 4.69) is 9.97 Å². The predicted octanol–water partition coefficient (Wildman–Crippen LogP) is 5.25. The zero-order valence-corrected chi connectivity index (χ0v) is 19.1. The Labute approximate surface area is 194 Å². The van der Waals surface area contributed by atoms with Gasteiger partial charge in [0.1, 0.15) is 5.82 Å². The van der Waals surface area contributed by atoms with Gasteiger partial charge in [-0.05, 0) is 49.6 Å². The maximum Gasteiger partial charge on any atom is 0.258 e. The van der Waals surface area contributed by atoms with Crippen LogP contribution >= 0.6 is 11.3 Å². The lowest BCUT2D eigenvalue weighted by Crippen LogP contribution is -2.37. The fraction of sp³-hybridized carbons (Fsp3) is 0.154. The van der Waals surface area contributed by atoms with E-state index in [-0.39, 0.29) is 24.1 Å². The van der Waals surface area contributed by atoms with Crippen LogP contribution in [0.5, 0.6) is 0 Å². The van der Waals surface area contributed by atoms with Crippen molar-refractivity contribution in [1.29, 1.82) is 0 Å². The number of carbonyl (C=O) groups is 1. The number of nitrogens with zero attached hydrogens (tertiary/aromatic N) is 3. The molecule has 0 radical (unpaired) electrons. The minimum Gasteiger partial charge on any atom is -0.329 e. The number of H-pyrrole nitrogens is 1. The third-order valence-electron chi connectivity index (χ3n) is 5.59. The summed E-state index contributed by atoms with van der Waals surface area (Å²) in [6.45, 7) is 4.11. The lowest BCUT2D eigenvalue weighted by molar-refractivity contribution is 0.0687. The number of aromatic amines is 1. The largest absolute Gasteiger partial charge is 0.329 e. The highest BCUT2D eigenvalue weighted by Gasteiger charge is 2.23. The molecule has 0 saturated carbocycles. The van der Waals surface area contributed by atoms with Crippen LogP contribution in [0.2, 0.25) is 0 Å². The normalized spacial score (nSPS) is 11.4. The van der Waals surface area contributed by atoms with Crippen LogP contribution in [0.3, 0.4) is 0 Å². The number of thiophene rings is 1. The fourth-order valence-electron chi connectivity index (χ4n) is 3.92. The molecule has 0 unspecified atom stereocenters. The van der Waals surface area contributed by atoms with Crippen LogP contribution < -0.4 is 5.56 Å². The standard InChI is InChI=1S/C26H22N4O2S/c1-16(2)30(15-24-28-21-11-6-4-9-18(21)25(31)29-24)26(32)19-14-22(23-12-7-13-33-23)27-20-10-5-3-8-17(19)20/h3-14,16H,15H2,1-2H3,(H,28,29,31). The number of nitrogens with one attached hydrogen (secondary N) is 1. The molecular weight excluding hydrogens is 432 g/mol. The quantitative estimate of drug-likeness (QED) is 0.393. The zero-order valence-electron chi connectivity index (χ0n) is 18.3.